The maximum atomic E-state index is 11.7. The first-order valence-electron chi connectivity index (χ1n) is 5.75. The lowest BCUT2D eigenvalue weighted by Gasteiger charge is -2.14. The Labute approximate surface area is 108 Å². The van der Waals surface area contributed by atoms with E-state index < -0.39 is 23.6 Å². The number of aromatic amines is 1. The molecule has 1 saturated heterocycles. The van der Waals surface area contributed by atoms with E-state index in [1.807, 2.05) is 0 Å². The second-order valence-electron chi connectivity index (χ2n) is 4.21. The van der Waals surface area contributed by atoms with Gasteiger partial charge < -0.3 is 14.7 Å². The number of hydrogen-bond acceptors (Lipinski definition) is 6. The third-order valence-electron chi connectivity index (χ3n) is 2.91. The molecule has 8 heteroatoms. The molecule has 0 saturated carbocycles. The molecule has 1 aliphatic heterocycles. The average Bonchev–Trinajstić information content (AvgIpc) is 2.77. The van der Waals surface area contributed by atoms with Crippen LogP contribution in [0.2, 0.25) is 0 Å². The first-order valence-corrected chi connectivity index (χ1v) is 5.75. The van der Waals surface area contributed by atoms with Gasteiger partial charge in [0.25, 0.3) is 5.56 Å². The lowest BCUT2D eigenvalue weighted by atomic mass is 10.2. The molecular formula is C11H15N3O5. The van der Waals surface area contributed by atoms with Crippen LogP contribution in [0, 0.1) is 6.92 Å². The minimum Gasteiger partial charge on any atom is -0.399 e. The van der Waals surface area contributed by atoms with E-state index in [2.05, 4.69) is 15.0 Å². The zero-order valence-corrected chi connectivity index (χ0v) is 10.6. The topological polar surface area (TPSA) is 106 Å². The molecule has 0 aliphatic carbocycles. The number of aliphatic hydroxyl groups is 1. The average molecular weight is 269 g/mol. The largest absolute Gasteiger partial charge is 0.399 e. The van der Waals surface area contributed by atoms with Crippen molar-refractivity contribution in [3.05, 3.63) is 32.6 Å². The van der Waals surface area contributed by atoms with Crippen LogP contribution in [0.3, 0.4) is 0 Å². The summed E-state index contributed by atoms with van der Waals surface area (Å²) in [6.07, 6.45) is 0.513. The molecule has 0 spiro atoms. The van der Waals surface area contributed by atoms with Crippen molar-refractivity contribution in [2.75, 3.05) is 13.7 Å². The van der Waals surface area contributed by atoms with Gasteiger partial charge in [0.1, 0.15) is 19.4 Å². The molecule has 1 fully saturated rings. The molecule has 0 aromatic carbocycles. The standard InChI is InChI=1S/C11H15N3O5/c1-6-4-14(11(17)12-10(6)16)9-3-7(13-18-2)8(5-15)19-9/h4,8-9,15H,3,5H2,1-2H3,(H,12,16,17)/t8-,9-/m1/s1. The number of aliphatic hydroxyl groups excluding tert-OH is 1. The number of aryl methyl sites for hydroxylation is 1. The number of H-pyrrole nitrogens is 1. The van der Waals surface area contributed by atoms with Crippen LogP contribution >= 0.6 is 0 Å². The summed E-state index contributed by atoms with van der Waals surface area (Å²) in [5.41, 5.74) is -0.0636. The molecular weight excluding hydrogens is 254 g/mol. The van der Waals surface area contributed by atoms with E-state index >= 15 is 0 Å². The summed E-state index contributed by atoms with van der Waals surface area (Å²) < 4.78 is 6.79. The summed E-state index contributed by atoms with van der Waals surface area (Å²) in [4.78, 5) is 29.9. The highest BCUT2D eigenvalue weighted by Gasteiger charge is 2.33. The van der Waals surface area contributed by atoms with Crippen molar-refractivity contribution in [3.63, 3.8) is 0 Å². The monoisotopic (exact) mass is 269 g/mol. The summed E-state index contributed by atoms with van der Waals surface area (Å²) in [5.74, 6) is 0. The maximum Gasteiger partial charge on any atom is 0.330 e. The number of nitrogens with one attached hydrogen (secondary N) is 1. The maximum absolute atomic E-state index is 11.7. The van der Waals surface area contributed by atoms with E-state index in [0.29, 0.717) is 17.7 Å². The Hall–Kier alpha value is -1.93. The molecule has 1 aromatic heterocycles. The molecule has 19 heavy (non-hydrogen) atoms. The summed E-state index contributed by atoms with van der Waals surface area (Å²) in [6.45, 7) is 1.34. The van der Waals surface area contributed by atoms with Crippen molar-refractivity contribution in [2.45, 2.75) is 25.7 Å². The highest BCUT2D eigenvalue weighted by atomic mass is 16.6. The van der Waals surface area contributed by atoms with Gasteiger partial charge in [-0.1, -0.05) is 5.16 Å². The van der Waals surface area contributed by atoms with Crippen molar-refractivity contribution in [3.8, 4) is 0 Å². The predicted molar refractivity (Wildman–Crippen MR) is 66.1 cm³/mol. The fourth-order valence-corrected chi connectivity index (χ4v) is 1.95. The summed E-state index contributed by atoms with van der Waals surface area (Å²) in [5, 5.41) is 13.0. The van der Waals surface area contributed by atoms with Gasteiger partial charge in [-0.3, -0.25) is 14.3 Å². The number of ether oxygens (including phenoxy) is 1. The van der Waals surface area contributed by atoms with Crippen LogP contribution in [0.25, 0.3) is 0 Å². The quantitative estimate of drug-likeness (QED) is 0.694. The van der Waals surface area contributed by atoms with Gasteiger partial charge >= 0.3 is 5.69 Å². The van der Waals surface area contributed by atoms with E-state index in [1.54, 1.807) is 6.92 Å². The van der Waals surface area contributed by atoms with E-state index in [1.165, 1.54) is 17.9 Å². The number of hydrogen-bond donors (Lipinski definition) is 2. The van der Waals surface area contributed by atoms with Gasteiger partial charge in [-0.2, -0.15) is 0 Å². The van der Waals surface area contributed by atoms with Gasteiger partial charge in [0.2, 0.25) is 0 Å². The van der Waals surface area contributed by atoms with Crippen LogP contribution < -0.4 is 11.2 Å². The first-order chi connectivity index (χ1) is 9.06. The first kappa shape index (κ1) is 13.5. The van der Waals surface area contributed by atoms with Gasteiger partial charge in [0, 0.05) is 18.2 Å². The second-order valence-corrected chi connectivity index (χ2v) is 4.21. The molecule has 2 rings (SSSR count). The Balaban J connectivity index is 2.35. The van der Waals surface area contributed by atoms with Gasteiger partial charge in [-0.05, 0) is 6.92 Å². The molecule has 8 nitrogen and oxygen atoms in total. The van der Waals surface area contributed by atoms with E-state index in [4.69, 9.17) is 4.74 Å². The third-order valence-corrected chi connectivity index (χ3v) is 2.91. The number of rotatable bonds is 3. The third kappa shape index (κ3) is 2.59. The summed E-state index contributed by atoms with van der Waals surface area (Å²) >= 11 is 0. The van der Waals surface area contributed by atoms with E-state index in [-0.39, 0.29) is 6.61 Å². The van der Waals surface area contributed by atoms with Crippen molar-refractivity contribution in [1.29, 1.82) is 0 Å². The van der Waals surface area contributed by atoms with Crippen LogP contribution in [-0.2, 0) is 9.57 Å². The van der Waals surface area contributed by atoms with Crippen molar-refractivity contribution < 1.29 is 14.7 Å². The Kier molecular flexibility index (Phi) is 3.82. The fourth-order valence-electron chi connectivity index (χ4n) is 1.95. The minimum atomic E-state index is -0.617. The van der Waals surface area contributed by atoms with E-state index in [0.717, 1.165) is 0 Å². The van der Waals surface area contributed by atoms with Crippen LogP contribution in [0.4, 0.5) is 0 Å². The second kappa shape index (κ2) is 5.37. The molecule has 2 heterocycles. The Morgan fingerprint density at radius 3 is 3.00 bits per heavy atom. The number of oxime groups is 1. The van der Waals surface area contributed by atoms with Crippen molar-refractivity contribution >= 4 is 5.71 Å². The Morgan fingerprint density at radius 1 is 1.63 bits per heavy atom. The number of nitrogens with zero attached hydrogens (tertiary/aromatic N) is 2. The van der Waals surface area contributed by atoms with Crippen LogP contribution in [0.15, 0.2) is 20.9 Å². The molecule has 104 valence electrons. The van der Waals surface area contributed by atoms with Gasteiger partial charge in [-0.25, -0.2) is 4.79 Å². The SMILES string of the molecule is CON=C1C[C@H](n2cc(C)c(=O)[nH]c2=O)O[C@@H]1CO. The van der Waals surface area contributed by atoms with Crippen LogP contribution in [-0.4, -0.2) is 40.2 Å². The van der Waals surface area contributed by atoms with Gasteiger partial charge in [-0.15, -0.1) is 0 Å². The highest BCUT2D eigenvalue weighted by molar-refractivity contribution is 5.90. The zero-order chi connectivity index (χ0) is 14.0. The molecule has 0 bridgehead atoms. The zero-order valence-electron chi connectivity index (χ0n) is 10.6. The van der Waals surface area contributed by atoms with Gasteiger partial charge in [0.15, 0.2) is 0 Å². The number of aromatic nitrogens is 2. The molecule has 0 amide bonds. The summed E-state index contributed by atoms with van der Waals surface area (Å²) in [6, 6.07) is 0. The van der Waals surface area contributed by atoms with Crippen LogP contribution in [0.5, 0.6) is 0 Å². The predicted octanol–water partition coefficient (Wildman–Crippen LogP) is -0.873. The molecule has 2 N–H and O–H groups in total. The molecule has 0 unspecified atom stereocenters. The normalized spacial score (nSPS) is 24.9. The van der Waals surface area contributed by atoms with Crippen molar-refractivity contribution in [2.24, 2.45) is 5.16 Å². The highest BCUT2D eigenvalue weighted by Crippen LogP contribution is 2.25. The minimum absolute atomic E-state index is 0.254. The molecule has 1 aliphatic rings. The fraction of sp³-hybridized carbons (Fsp3) is 0.545. The van der Waals surface area contributed by atoms with E-state index in [9.17, 15) is 14.7 Å². The summed E-state index contributed by atoms with van der Waals surface area (Å²) in [7, 11) is 1.39. The lowest BCUT2D eigenvalue weighted by molar-refractivity contribution is -0.0154. The molecule has 1 aromatic rings. The molecule has 2 atom stereocenters. The Bertz CT molecular complexity index is 603. The smallest absolute Gasteiger partial charge is 0.330 e. The van der Waals surface area contributed by atoms with Crippen LogP contribution in [0.1, 0.15) is 18.2 Å². The Morgan fingerprint density at radius 2 is 2.37 bits per heavy atom. The lowest BCUT2D eigenvalue weighted by Crippen LogP contribution is -2.33. The molecule has 0 radical (unpaired) electrons. The van der Waals surface area contributed by atoms with Gasteiger partial charge in [0.05, 0.1) is 12.3 Å². The van der Waals surface area contributed by atoms with Crippen molar-refractivity contribution in [1.82, 2.24) is 9.55 Å².